The van der Waals surface area contributed by atoms with E-state index in [1.165, 1.54) is 22.9 Å². The van der Waals surface area contributed by atoms with Crippen molar-refractivity contribution >= 4 is 23.4 Å². The van der Waals surface area contributed by atoms with Crippen LogP contribution in [0.15, 0.2) is 29.4 Å². The van der Waals surface area contributed by atoms with E-state index in [0.29, 0.717) is 10.9 Å². The summed E-state index contributed by atoms with van der Waals surface area (Å²) in [5.41, 5.74) is 10.9. The fraction of sp³-hybridized carbons (Fsp3) is 0.389. The highest BCUT2D eigenvalue weighted by atomic mass is 32.2. The Morgan fingerprint density at radius 1 is 1.29 bits per heavy atom. The molecule has 3 rings (SSSR count). The number of anilines is 1. The fourth-order valence-corrected chi connectivity index (χ4v) is 3.87. The van der Waals surface area contributed by atoms with E-state index in [0.717, 1.165) is 36.3 Å². The topological polar surface area (TPSA) is 80.9 Å². The molecule has 1 amide bonds. The molecule has 1 aliphatic rings. The molecule has 1 aromatic carbocycles. The Kier molecular flexibility index (Phi) is 5.04. The van der Waals surface area contributed by atoms with E-state index in [9.17, 15) is 4.79 Å². The molecule has 24 heavy (non-hydrogen) atoms. The number of amides is 1. The van der Waals surface area contributed by atoms with E-state index in [1.807, 2.05) is 38.1 Å². The van der Waals surface area contributed by atoms with Gasteiger partial charge in [-0.05, 0) is 62.4 Å². The molecule has 0 aliphatic heterocycles. The van der Waals surface area contributed by atoms with E-state index in [4.69, 9.17) is 5.73 Å². The maximum atomic E-state index is 12.3. The summed E-state index contributed by atoms with van der Waals surface area (Å²) in [4.78, 5) is 21.0. The second-order valence-electron chi connectivity index (χ2n) is 6.19. The molecule has 0 saturated heterocycles. The number of hydrogen-bond acceptors (Lipinski definition) is 5. The lowest BCUT2D eigenvalue weighted by molar-refractivity contribution is -0.119. The van der Waals surface area contributed by atoms with Crippen LogP contribution in [0, 0.1) is 13.8 Å². The Bertz CT molecular complexity index is 742. The molecule has 0 bridgehead atoms. The summed E-state index contributed by atoms with van der Waals surface area (Å²) in [7, 11) is 0. The first-order valence-corrected chi connectivity index (χ1v) is 9.12. The number of aryl methyl sites for hydroxylation is 3. The van der Waals surface area contributed by atoms with E-state index in [2.05, 4.69) is 15.3 Å². The van der Waals surface area contributed by atoms with Crippen molar-refractivity contribution in [2.24, 2.45) is 0 Å². The lowest BCUT2D eigenvalue weighted by Gasteiger charge is -2.26. The highest BCUT2D eigenvalue weighted by molar-refractivity contribution is 7.99. The molecule has 3 N–H and O–H groups in total. The predicted molar refractivity (Wildman–Crippen MR) is 96.9 cm³/mol. The van der Waals surface area contributed by atoms with Gasteiger partial charge >= 0.3 is 0 Å². The maximum Gasteiger partial charge on any atom is 0.230 e. The standard InChI is InChI=1S/C18H22N4OS/c1-11-8-12(2)21-18(20-11)24-10-17(23)22-16-5-3-4-13-9-14(19)6-7-15(13)16/h6-9,16H,3-5,10,19H2,1-2H3,(H,22,23). The summed E-state index contributed by atoms with van der Waals surface area (Å²) >= 11 is 1.37. The summed E-state index contributed by atoms with van der Waals surface area (Å²) in [6, 6.07) is 7.96. The number of aromatic nitrogens is 2. The van der Waals surface area contributed by atoms with Gasteiger partial charge < -0.3 is 11.1 Å². The molecule has 1 unspecified atom stereocenters. The maximum absolute atomic E-state index is 12.3. The minimum atomic E-state index is 0.0115. The lowest BCUT2D eigenvalue weighted by atomic mass is 9.87. The van der Waals surface area contributed by atoms with Crippen LogP contribution < -0.4 is 11.1 Å². The molecule has 5 nitrogen and oxygen atoms in total. The van der Waals surface area contributed by atoms with Crippen molar-refractivity contribution in [2.45, 2.75) is 44.3 Å². The minimum absolute atomic E-state index is 0.0115. The smallest absolute Gasteiger partial charge is 0.230 e. The number of nitrogens with zero attached hydrogens (tertiary/aromatic N) is 2. The molecule has 0 saturated carbocycles. The average molecular weight is 342 g/mol. The lowest BCUT2D eigenvalue weighted by Crippen LogP contribution is -2.32. The van der Waals surface area contributed by atoms with Crippen LogP contribution in [-0.4, -0.2) is 21.6 Å². The van der Waals surface area contributed by atoms with Gasteiger partial charge in [0, 0.05) is 17.1 Å². The third kappa shape index (κ3) is 4.06. The average Bonchev–Trinajstić information content (AvgIpc) is 2.52. The zero-order chi connectivity index (χ0) is 17.1. The van der Waals surface area contributed by atoms with Gasteiger partial charge in [0.15, 0.2) is 5.16 Å². The van der Waals surface area contributed by atoms with Crippen LogP contribution >= 0.6 is 11.8 Å². The zero-order valence-corrected chi connectivity index (χ0v) is 14.8. The second-order valence-corrected chi connectivity index (χ2v) is 7.14. The van der Waals surface area contributed by atoms with Crippen LogP contribution in [0.3, 0.4) is 0 Å². The Labute approximate surface area is 146 Å². The molecule has 0 spiro atoms. The highest BCUT2D eigenvalue weighted by Crippen LogP contribution is 2.31. The quantitative estimate of drug-likeness (QED) is 0.507. The molecule has 1 atom stereocenters. The van der Waals surface area contributed by atoms with Crippen molar-refractivity contribution in [3.63, 3.8) is 0 Å². The van der Waals surface area contributed by atoms with Gasteiger partial charge in [-0.25, -0.2) is 9.97 Å². The SMILES string of the molecule is Cc1cc(C)nc(SCC(=O)NC2CCCc3cc(N)ccc32)n1. The number of carbonyl (C=O) groups excluding carboxylic acids is 1. The normalized spacial score (nSPS) is 16.5. The third-order valence-corrected chi connectivity index (χ3v) is 4.96. The fourth-order valence-electron chi connectivity index (χ4n) is 3.11. The van der Waals surface area contributed by atoms with Crippen molar-refractivity contribution in [2.75, 3.05) is 11.5 Å². The number of hydrogen-bond donors (Lipinski definition) is 2. The number of nitrogens with one attached hydrogen (secondary N) is 1. The Balaban J connectivity index is 1.62. The summed E-state index contributed by atoms with van der Waals surface area (Å²) < 4.78 is 0. The monoisotopic (exact) mass is 342 g/mol. The van der Waals surface area contributed by atoms with Crippen LogP contribution in [0.5, 0.6) is 0 Å². The van der Waals surface area contributed by atoms with Gasteiger partial charge in [-0.15, -0.1) is 0 Å². The Morgan fingerprint density at radius 3 is 2.79 bits per heavy atom. The molecule has 0 radical (unpaired) electrons. The van der Waals surface area contributed by atoms with Gasteiger partial charge in [0.25, 0.3) is 0 Å². The number of nitrogens with two attached hydrogens (primary N) is 1. The van der Waals surface area contributed by atoms with Crippen molar-refractivity contribution < 1.29 is 4.79 Å². The second kappa shape index (κ2) is 7.21. The van der Waals surface area contributed by atoms with E-state index < -0.39 is 0 Å². The molecule has 126 valence electrons. The van der Waals surface area contributed by atoms with Gasteiger partial charge in [0.2, 0.25) is 5.91 Å². The van der Waals surface area contributed by atoms with Crippen molar-refractivity contribution in [1.29, 1.82) is 0 Å². The van der Waals surface area contributed by atoms with Gasteiger partial charge in [-0.3, -0.25) is 4.79 Å². The first-order chi connectivity index (χ1) is 11.5. The summed E-state index contributed by atoms with van der Waals surface area (Å²) in [6.07, 6.45) is 3.06. The van der Waals surface area contributed by atoms with Crippen molar-refractivity contribution in [3.05, 3.63) is 46.8 Å². The molecule has 6 heteroatoms. The Morgan fingerprint density at radius 2 is 2.04 bits per heavy atom. The van der Waals surface area contributed by atoms with Crippen LogP contribution in [0.1, 0.15) is 41.4 Å². The molecule has 1 heterocycles. The summed E-state index contributed by atoms with van der Waals surface area (Å²) in [5, 5.41) is 3.79. The van der Waals surface area contributed by atoms with E-state index in [-0.39, 0.29) is 11.9 Å². The molecule has 0 fully saturated rings. The van der Waals surface area contributed by atoms with Gasteiger partial charge in [0.05, 0.1) is 11.8 Å². The van der Waals surface area contributed by atoms with Gasteiger partial charge in [0.1, 0.15) is 0 Å². The molecular formula is C18H22N4OS. The number of carbonyl (C=O) groups is 1. The van der Waals surface area contributed by atoms with Gasteiger partial charge in [-0.2, -0.15) is 0 Å². The van der Waals surface area contributed by atoms with Crippen LogP contribution in [0.2, 0.25) is 0 Å². The number of benzene rings is 1. The number of thioether (sulfide) groups is 1. The number of rotatable bonds is 4. The highest BCUT2D eigenvalue weighted by Gasteiger charge is 2.22. The predicted octanol–water partition coefficient (Wildman–Crippen LogP) is 2.96. The van der Waals surface area contributed by atoms with E-state index in [1.54, 1.807) is 0 Å². The van der Waals surface area contributed by atoms with Crippen molar-refractivity contribution in [1.82, 2.24) is 15.3 Å². The summed E-state index contributed by atoms with van der Waals surface area (Å²) in [6.45, 7) is 3.87. The van der Waals surface area contributed by atoms with E-state index >= 15 is 0 Å². The largest absolute Gasteiger partial charge is 0.399 e. The minimum Gasteiger partial charge on any atom is -0.399 e. The molecular weight excluding hydrogens is 320 g/mol. The first kappa shape index (κ1) is 16.8. The molecule has 1 aliphatic carbocycles. The molecule has 2 aromatic rings. The van der Waals surface area contributed by atoms with Crippen LogP contribution in [-0.2, 0) is 11.2 Å². The Hall–Kier alpha value is -2.08. The number of fused-ring (bicyclic) bond motifs is 1. The zero-order valence-electron chi connectivity index (χ0n) is 14.0. The first-order valence-electron chi connectivity index (χ1n) is 8.14. The summed E-state index contributed by atoms with van der Waals surface area (Å²) in [5.74, 6) is 0.335. The number of nitrogen functional groups attached to an aromatic ring is 1. The molecule has 1 aromatic heterocycles. The third-order valence-electron chi connectivity index (χ3n) is 4.11. The van der Waals surface area contributed by atoms with Crippen LogP contribution in [0.25, 0.3) is 0 Å². The van der Waals surface area contributed by atoms with Gasteiger partial charge in [-0.1, -0.05) is 17.8 Å². The van der Waals surface area contributed by atoms with Crippen molar-refractivity contribution in [3.8, 4) is 0 Å². The van der Waals surface area contributed by atoms with Crippen LogP contribution in [0.4, 0.5) is 5.69 Å².